The van der Waals surface area contributed by atoms with Gasteiger partial charge in [0.15, 0.2) is 5.13 Å². The van der Waals surface area contributed by atoms with Gasteiger partial charge < -0.3 is 10.0 Å². The third-order valence-corrected chi connectivity index (χ3v) is 4.88. The van der Waals surface area contributed by atoms with Gasteiger partial charge in [0.25, 0.3) is 0 Å². The molecule has 1 aliphatic rings. The van der Waals surface area contributed by atoms with Gasteiger partial charge in [0.1, 0.15) is 4.88 Å². The molecule has 1 N–H and O–H groups in total. The lowest BCUT2D eigenvalue weighted by Crippen LogP contribution is -2.20. The highest BCUT2D eigenvalue weighted by Gasteiger charge is 2.30. The fourth-order valence-corrected chi connectivity index (χ4v) is 3.90. The lowest BCUT2D eigenvalue weighted by Gasteiger charge is -2.17. The van der Waals surface area contributed by atoms with Gasteiger partial charge in [0, 0.05) is 18.5 Å². The molecule has 20 heavy (non-hydrogen) atoms. The molecule has 1 atom stereocenters. The zero-order valence-corrected chi connectivity index (χ0v) is 13.6. The highest BCUT2D eigenvalue weighted by Crippen LogP contribution is 2.36. The highest BCUT2D eigenvalue weighted by atomic mass is 32.1. The van der Waals surface area contributed by atoms with E-state index in [2.05, 4.69) is 16.8 Å². The standard InChI is InChI=1S/C15H24N2O2S/c1-5-6-10-7-8-17(9-10)14-16-12(15(2,3)4)11(20-14)13(18)19/h10H,5-9H2,1-4H3,(H,18,19). The normalized spacial score (nSPS) is 19.6. The lowest BCUT2D eigenvalue weighted by atomic mass is 9.91. The first-order chi connectivity index (χ1) is 9.32. The van der Waals surface area contributed by atoms with Crippen molar-refractivity contribution < 1.29 is 9.90 Å². The van der Waals surface area contributed by atoms with Crippen molar-refractivity contribution in [3.8, 4) is 0 Å². The van der Waals surface area contributed by atoms with Crippen LogP contribution in [0.2, 0.25) is 0 Å². The van der Waals surface area contributed by atoms with Gasteiger partial charge in [-0.2, -0.15) is 0 Å². The van der Waals surface area contributed by atoms with Crippen LogP contribution in [0.25, 0.3) is 0 Å². The number of carboxylic acid groups (broad SMARTS) is 1. The molecule has 0 saturated carbocycles. The summed E-state index contributed by atoms with van der Waals surface area (Å²) in [6, 6.07) is 0. The van der Waals surface area contributed by atoms with Crippen LogP contribution in [0.15, 0.2) is 0 Å². The van der Waals surface area contributed by atoms with Crippen molar-refractivity contribution >= 4 is 22.4 Å². The first-order valence-corrected chi connectivity index (χ1v) is 8.14. The number of carbonyl (C=O) groups is 1. The van der Waals surface area contributed by atoms with Gasteiger partial charge in [0.2, 0.25) is 0 Å². The Morgan fingerprint density at radius 2 is 2.20 bits per heavy atom. The maximum absolute atomic E-state index is 11.4. The average Bonchev–Trinajstić information content (AvgIpc) is 2.93. The molecule has 2 rings (SSSR count). The molecule has 2 heterocycles. The summed E-state index contributed by atoms with van der Waals surface area (Å²) in [6.45, 7) is 10.3. The molecule has 0 spiro atoms. The van der Waals surface area contributed by atoms with Gasteiger partial charge in [-0.3, -0.25) is 0 Å². The maximum Gasteiger partial charge on any atom is 0.347 e. The van der Waals surface area contributed by atoms with Gasteiger partial charge in [0.05, 0.1) is 5.69 Å². The topological polar surface area (TPSA) is 53.4 Å². The van der Waals surface area contributed by atoms with Gasteiger partial charge in [-0.15, -0.1) is 0 Å². The van der Waals surface area contributed by atoms with Crippen LogP contribution in [0.4, 0.5) is 5.13 Å². The van der Waals surface area contributed by atoms with Crippen molar-refractivity contribution in [2.24, 2.45) is 5.92 Å². The van der Waals surface area contributed by atoms with Crippen LogP contribution < -0.4 is 4.90 Å². The Hall–Kier alpha value is -1.10. The molecule has 0 aromatic carbocycles. The van der Waals surface area contributed by atoms with Gasteiger partial charge in [-0.1, -0.05) is 45.5 Å². The summed E-state index contributed by atoms with van der Waals surface area (Å²) in [6.07, 6.45) is 3.66. The van der Waals surface area contributed by atoms with E-state index >= 15 is 0 Å². The van der Waals surface area contributed by atoms with E-state index in [0.717, 1.165) is 24.1 Å². The quantitative estimate of drug-likeness (QED) is 0.919. The Kier molecular flexibility index (Phi) is 4.37. The van der Waals surface area contributed by atoms with Gasteiger partial charge >= 0.3 is 5.97 Å². The minimum Gasteiger partial charge on any atom is -0.477 e. The maximum atomic E-state index is 11.4. The van der Waals surface area contributed by atoms with E-state index < -0.39 is 5.97 Å². The zero-order chi connectivity index (χ0) is 14.9. The zero-order valence-electron chi connectivity index (χ0n) is 12.8. The molecule has 5 heteroatoms. The molecule has 1 aromatic heterocycles. The second-order valence-electron chi connectivity index (χ2n) is 6.62. The summed E-state index contributed by atoms with van der Waals surface area (Å²) >= 11 is 1.33. The summed E-state index contributed by atoms with van der Waals surface area (Å²) in [5, 5.41) is 10.3. The number of rotatable bonds is 4. The third kappa shape index (κ3) is 3.14. The summed E-state index contributed by atoms with van der Waals surface area (Å²) < 4.78 is 0. The van der Waals surface area contributed by atoms with E-state index in [-0.39, 0.29) is 5.41 Å². The van der Waals surface area contributed by atoms with E-state index in [1.54, 1.807) is 0 Å². The highest BCUT2D eigenvalue weighted by molar-refractivity contribution is 7.17. The molecule has 0 amide bonds. The summed E-state index contributed by atoms with van der Waals surface area (Å²) in [7, 11) is 0. The first kappa shape index (κ1) is 15.3. The van der Waals surface area contributed by atoms with Crippen LogP contribution >= 0.6 is 11.3 Å². The molecular weight excluding hydrogens is 272 g/mol. The van der Waals surface area contributed by atoms with Crippen LogP contribution in [0.5, 0.6) is 0 Å². The van der Waals surface area contributed by atoms with E-state index in [4.69, 9.17) is 0 Å². The van der Waals surface area contributed by atoms with Crippen molar-refractivity contribution in [3.63, 3.8) is 0 Å². The summed E-state index contributed by atoms with van der Waals surface area (Å²) in [5.74, 6) is -0.127. The number of carboxylic acids is 1. The van der Waals surface area contributed by atoms with Crippen LogP contribution in [0.3, 0.4) is 0 Å². The Balaban J connectivity index is 2.24. The number of hydrogen-bond acceptors (Lipinski definition) is 4. The van der Waals surface area contributed by atoms with E-state index in [0.29, 0.717) is 10.6 Å². The molecule has 0 bridgehead atoms. The second-order valence-corrected chi connectivity index (χ2v) is 7.60. The number of hydrogen-bond donors (Lipinski definition) is 1. The molecule has 1 unspecified atom stereocenters. The molecule has 1 aliphatic heterocycles. The van der Waals surface area contributed by atoms with E-state index in [1.165, 1.54) is 30.6 Å². The predicted molar refractivity (Wildman–Crippen MR) is 83.0 cm³/mol. The summed E-state index contributed by atoms with van der Waals surface area (Å²) in [5.41, 5.74) is 0.481. The SMILES string of the molecule is CCCC1CCN(c2nc(C(C)(C)C)c(C(=O)O)s2)C1. The minimum absolute atomic E-state index is 0.231. The van der Waals surface area contributed by atoms with Crippen LogP contribution in [0, 0.1) is 5.92 Å². The monoisotopic (exact) mass is 296 g/mol. The molecule has 4 nitrogen and oxygen atoms in total. The van der Waals surface area contributed by atoms with Crippen molar-refractivity contribution in [1.29, 1.82) is 0 Å². The third-order valence-electron chi connectivity index (χ3n) is 3.77. The molecule has 0 radical (unpaired) electrons. The largest absolute Gasteiger partial charge is 0.477 e. The van der Waals surface area contributed by atoms with Crippen molar-refractivity contribution in [2.75, 3.05) is 18.0 Å². The second kappa shape index (κ2) is 5.72. The molecule has 0 aliphatic carbocycles. The number of aromatic carboxylic acids is 1. The molecule has 1 fully saturated rings. The van der Waals surface area contributed by atoms with Crippen molar-refractivity contribution in [2.45, 2.75) is 52.4 Å². The van der Waals surface area contributed by atoms with Crippen LogP contribution in [-0.4, -0.2) is 29.1 Å². The Morgan fingerprint density at radius 3 is 2.70 bits per heavy atom. The Morgan fingerprint density at radius 1 is 1.50 bits per heavy atom. The number of nitrogens with zero attached hydrogens (tertiary/aromatic N) is 2. The molecule has 1 aromatic rings. The molecule has 112 valence electrons. The fourth-order valence-electron chi connectivity index (χ4n) is 2.75. The fraction of sp³-hybridized carbons (Fsp3) is 0.733. The van der Waals surface area contributed by atoms with Crippen molar-refractivity contribution in [1.82, 2.24) is 4.98 Å². The number of aromatic nitrogens is 1. The van der Waals surface area contributed by atoms with E-state index in [1.807, 2.05) is 20.8 Å². The molecule has 1 saturated heterocycles. The Bertz CT molecular complexity index is 491. The smallest absolute Gasteiger partial charge is 0.347 e. The molecular formula is C15H24N2O2S. The predicted octanol–water partition coefficient (Wildman–Crippen LogP) is 3.77. The number of anilines is 1. The lowest BCUT2D eigenvalue weighted by molar-refractivity contribution is 0.0699. The average molecular weight is 296 g/mol. The van der Waals surface area contributed by atoms with Gasteiger partial charge in [-0.05, 0) is 18.8 Å². The van der Waals surface area contributed by atoms with Gasteiger partial charge in [-0.25, -0.2) is 9.78 Å². The van der Waals surface area contributed by atoms with Crippen molar-refractivity contribution in [3.05, 3.63) is 10.6 Å². The Labute approximate surface area is 124 Å². The minimum atomic E-state index is -0.858. The summed E-state index contributed by atoms with van der Waals surface area (Å²) in [4.78, 5) is 18.7. The van der Waals surface area contributed by atoms with Crippen LogP contribution in [-0.2, 0) is 5.41 Å². The first-order valence-electron chi connectivity index (χ1n) is 7.32. The van der Waals surface area contributed by atoms with E-state index in [9.17, 15) is 9.90 Å². The van der Waals surface area contributed by atoms with Crippen LogP contribution in [0.1, 0.15) is 62.3 Å². The number of thiazole rings is 1.